The van der Waals surface area contributed by atoms with Gasteiger partial charge in [0.05, 0.1) is 6.54 Å². The molecule has 0 aromatic heterocycles. The fraction of sp³-hybridized carbons (Fsp3) is 0.259. The number of nitrogens with one attached hydrogen (secondary N) is 1. The third kappa shape index (κ3) is 4.83. The molecule has 0 radical (unpaired) electrons. The molecule has 0 fully saturated rings. The quantitative estimate of drug-likeness (QED) is 0.594. The van der Waals surface area contributed by atoms with E-state index in [1.807, 2.05) is 80.3 Å². The summed E-state index contributed by atoms with van der Waals surface area (Å²) in [5.74, 6) is 0.644. The van der Waals surface area contributed by atoms with Gasteiger partial charge in [-0.15, -0.1) is 0 Å². The highest BCUT2D eigenvalue weighted by molar-refractivity contribution is 5.97. The second-order valence-corrected chi connectivity index (χ2v) is 8.35. The maximum atomic E-state index is 12.6. The molecule has 1 heterocycles. The molecule has 0 unspecified atom stereocenters. The average molecular weight is 429 g/mol. The summed E-state index contributed by atoms with van der Waals surface area (Å²) in [6, 6.07) is 19.7. The van der Waals surface area contributed by atoms with Gasteiger partial charge in [0.2, 0.25) is 5.91 Å². The molecule has 0 aliphatic carbocycles. The van der Waals surface area contributed by atoms with E-state index in [-0.39, 0.29) is 18.4 Å². The van der Waals surface area contributed by atoms with Gasteiger partial charge in [-0.3, -0.25) is 9.59 Å². The van der Waals surface area contributed by atoms with Gasteiger partial charge in [-0.1, -0.05) is 36.4 Å². The molecule has 1 aliphatic rings. The number of fused-ring (bicyclic) bond motifs is 1. The van der Waals surface area contributed by atoms with Gasteiger partial charge >= 0.3 is 0 Å². The molecule has 0 saturated carbocycles. The minimum Gasteiger partial charge on any atom is -0.483 e. The largest absolute Gasteiger partial charge is 0.483 e. The maximum Gasteiger partial charge on any atom is 0.262 e. The predicted molar refractivity (Wildman–Crippen MR) is 127 cm³/mol. The van der Waals surface area contributed by atoms with Crippen LogP contribution in [0.4, 0.5) is 11.4 Å². The first-order chi connectivity index (χ1) is 15.4. The molecular weight excluding hydrogens is 400 g/mol. The van der Waals surface area contributed by atoms with E-state index in [0.29, 0.717) is 25.1 Å². The van der Waals surface area contributed by atoms with E-state index >= 15 is 0 Å². The molecule has 3 aromatic carbocycles. The number of rotatable bonds is 6. The predicted octanol–water partition coefficient (Wildman–Crippen LogP) is 5.11. The van der Waals surface area contributed by atoms with Crippen LogP contribution in [-0.2, 0) is 22.6 Å². The maximum absolute atomic E-state index is 12.6. The van der Waals surface area contributed by atoms with Crippen molar-refractivity contribution in [2.75, 3.05) is 16.8 Å². The molecule has 0 saturated heterocycles. The molecule has 1 aliphatic heterocycles. The van der Waals surface area contributed by atoms with Gasteiger partial charge in [0, 0.05) is 17.8 Å². The van der Waals surface area contributed by atoms with Crippen LogP contribution in [0.1, 0.15) is 34.2 Å². The van der Waals surface area contributed by atoms with Crippen LogP contribution in [0.25, 0.3) is 0 Å². The number of hydrogen-bond acceptors (Lipinski definition) is 3. The molecule has 2 amide bonds. The highest BCUT2D eigenvalue weighted by atomic mass is 16.5. The Labute approximate surface area is 189 Å². The molecule has 0 bridgehead atoms. The van der Waals surface area contributed by atoms with Gasteiger partial charge in [0.1, 0.15) is 5.75 Å². The van der Waals surface area contributed by atoms with Crippen molar-refractivity contribution < 1.29 is 14.3 Å². The molecule has 0 atom stereocenters. The minimum absolute atomic E-state index is 0.0561. The fourth-order valence-electron chi connectivity index (χ4n) is 4.07. The van der Waals surface area contributed by atoms with E-state index in [4.69, 9.17) is 4.74 Å². The lowest BCUT2D eigenvalue weighted by molar-refractivity contribution is -0.119. The summed E-state index contributed by atoms with van der Waals surface area (Å²) in [5, 5.41) is 2.92. The van der Waals surface area contributed by atoms with E-state index in [1.165, 1.54) is 0 Å². The topological polar surface area (TPSA) is 58.6 Å². The van der Waals surface area contributed by atoms with Crippen LogP contribution in [0.2, 0.25) is 0 Å². The van der Waals surface area contributed by atoms with Gasteiger partial charge in [-0.05, 0) is 79.3 Å². The smallest absolute Gasteiger partial charge is 0.262 e. The van der Waals surface area contributed by atoms with Crippen LogP contribution < -0.4 is 15.0 Å². The second-order valence-electron chi connectivity index (χ2n) is 8.35. The number of amides is 2. The van der Waals surface area contributed by atoms with E-state index in [1.54, 1.807) is 0 Å². The zero-order chi connectivity index (χ0) is 22.7. The Bertz CT molecular complexity index is 1160. The van der Waals surface area contributed by atoms with Crippen molar-refractivity contribution in [2.45, 2.75) is 40.2 Å². The summed E-state index contributed by atoms with van der Waals surface area (Å²) in [4.78, 5) is 26.9. The van der Waals surface area contributed by atoms with E-state index in [0.717, 1.165) is 39.3 Å². The number of ether oxygens (including phenoxy) is 1. The lowest BCUT2D eigenvalue weighted by atomic mass is 9.99. The monoisotopic (exact) mass is 428 g/mol. The van der Waals surface area contributed by atoms with E-state index in [2.05, 4.69) is 11.4 Å². The Morgan fingerprint density at radius 1 is 1.00 bits per heavy atom. The van der Waals surface area contributed by atoms with Crippen LogP contribution in [0.5, 0.6) is 5.75 Å². The highest BCUT2D eigenvalue weighted by Crippen LogP contribution is 2.31. The standard InChI is InChI=1S/C27H28N2O3/c1-18-13-19(2)20(3)25(14-18)32-17-26(30)28-23-10-11-24-22(15-23)9-12-27(31)29(24)16-21-7-5-4-6-8-21/h4-8,10-11,13-15H,9,12,16-17H2,1-3H3,(H,28,30). The fourth-order valence-corrected chi connectivity index (χ4v) is 4.07. The first-order valence-electron chi connectivity index (χ1n) is 10.9. The molecular formula is C27H28N2O3. The third-order valence-electron chi connectivity index (χ3n) is 5.87. The number of anilines is 2. The van der Waals surface area contributed by atoms with Crippen LogP contribution in [0, 0.1) is 20.8 Å². The van der Waals surface area contributed by atoms with Gasteiger partial charge in [-0.2, -0.15) is 0 Å². The molecule has 5 nitrogen and oxygen atoms in total. The van der Waals surface area contributed by atoms with Crippen molar-refractivity contribution in [1.82, 2.24) is 0 Å². The van der Waals surface area contributed by atoms with Gasteiger partial charge in [0.15, 0.2) is 6.61 Å². The van der Waals surface area contributed by atoms with Crippen LogP contribution >= 0.6 is 0 Å². The number of benzene rings is 3. The number of carbonyl (C=O) groups excluding carboxylic acids is 2. The van der Waals surface area contributed by atoms with Crippen molar-refractivity contribution in [1.29, 1.82) is 0 Å². The Morgan fingerprint density at radius 3 is 2.56 bits per heavy atom. The Kier molecular flexibility index (Phi) is 6.26. The van der Waals surface area contributed by atoms with E-state index in [9.17, 15) is 9.59 Å². The lowest BCUT2D eigenvalue weighted by Gasteiger charge is -2.30. The van der Waals surface area contributed by atoms with Crippen molar-refractivity contribution in [2.24, 2.45) is 0 Å². The normalized spacial score (nSPS) is 13.0. The van der Waals surface area contributed by atoms with Crippen LogP contribution in [0.3, 0.4) is 0 Å². The summed E-state index contributed by atoms with van der Waals surface area (Å²) >= 11 is 0. The third-order valence-corrected chi connectivity index (χ3v) is 5.87. The second kappa shape index (κ2) is 9.27. The first-order valence-corrected chi connectivity index (χ1v) is 10.9. The molecule has 32 heavy (non-hydrogen) atoms. The summed E-state index contributed by atoms with van der Waals surface area (Å²) in [6.45, 7) is 6.53. The first kappa shape index (κ1) is 21.6. The van der Waals surface area contributed by atoms with Crippen LogP contribution in [0.15, 0.2) is 60.7 Å². The van der Waals surface area contributed by atoms with E-state index < -0.39 is 0 Å². The number of aryl methyl sites for hydroxylation is 3. The van der Waals surface area contributed by atoms with Gasteiger partial charge in [-0.25, -0.2) is 0 Å². The summed E-state index contributed by atoms with van der Waals surface area (Å²) < 4.78 is 5.78. The lowest BCUT2D eigenvalue weighted by Crippen LogP contribution is -2.34. The van der Waals surface area contributed by atoms with Crippen molar-refractivity contribution in [3.63, 3.8) is 0 Å². The molecule has 0 spiro atoms. The Balaban J connectivity index is 1.43. The number of carbonyl (C=O) groups is 2. The van der Waals surface area contributed by atoms with Crippen molar-refractivity contribution in [3.05, 3.63) is 88.5 Å². The highest BCUT2D eigenvalue weighted by Gasteiger charge is 2.24. The zero-order valence-corrected chi connectivity index (χ0v) is 18.8. The summed E-state index contributed by atoms with van der Waals surface area (Å²) in [5.41, 5.74) is 7.06. The molecule has 5 heteroatoms. The number of hydrogen-bond donors (Lipinski definition) is 1. The zero-order valence-electron chi connectivity index (χ0n) is 18.8. The number of nitrogens with zero attached hydrogens (tertiary/aromatic N) is 1. The molecule has 4 rings (SSSR count). The van der Waals surface area contributed by atoms with Gasteiger partial charge in [0.25, 0.3) is 5.91 Å². The molecule has 164 valence electrons. The van der Waals surface area contributed by atoms with Crippen molar-refractivity contribution in [3.8, 4) is 5.75 Å². The Hall–Kier alpha value is -3.60. The SMILES string of the molecule is Cc1cc(C)c(C)c(OCC(=O)Nc2ccc3c(c2)CCC(=O)N3Cc2ccccc2)c1. The summed E-state index contributed by atoms with van der Waals surface area (Å²) in [7, 11) is 0. The van der Waals surface area contributed by atoms with Crippen molar-refractivity contribution >= 4 is 23.2 Å². The Morgan fingerprint density at radius 2 is 1.78 bits per heavy atom. The summed E-state index contributed by atoms with van der Waals surface area (Å²) in [6.07, 6.45) is 1.13. The minimum atomic E-state index is -0.212. The average Bonchev–Trinajstić information content (AvgIpc) is 2.78. The van der Waals surface area contributed by atoms with Crippen LogP contribution in [-0.4, -0.2) is 18.4 Å². The molecule has 3 aromatic rings. The van der Waals surface area contributed by atoms with Gasteiger partial charge < -0.3 is 15.0 Å². The molecule has 1 N–H and O–H groups in total.